The van der Waals surface area contributed by atoms with Crippen LogP contribution < -0.4 is 0 Å². The average molecular weight is 335 g/mol. The van der Waals surface area contributed by atoms with Gasteiger partial charge >= 0.3 is 0 Å². The summed E-state index contributed by atoms with van der Waals surface area (Å²) in [7, 11) is -1.90. The minimum atomic E-state index is -3.66. The zero-order chi connectivity index (χ0) is 16.6. The highest BCUT2D eigenvalue weighted by Crippen LogP contribution is 2.34. The van der Waals surface area contributed by atoms with E-state index in [1.165, 1.54) is 16.8 Å². The highest BCUT2D eigenvalue weighted by Gasteiger charge is 2.42. The van der Waals surface area contributed by atoms with E-state index in [9.17, 15) is 8.42 Å². The maximum absolute atomic E-state index is 13.0. The fraction of sp³-hybridized carbons (Fsp3) is 0.438. The Morgan fingerprint density at radius 2 is 1.91 bits per heavy atom. The van der Waals surface area contributed by atoms with E-state index in [1.54, 1.807) is 11.6 Å². The summed E-state index contributed by atoms with van der Waals surface area (Å²) in [6.07, 6.45) is 2.74. The third-order valence-corrected chi connectivity index (χ3v) is 6.13. The molecule has 0 spiro atoms. The summed E-state index contributed by atoms with van der Waals surface area (Å²) in [6, 6.07) is 9.17. The van der Waals surface area contributed by atoms with Crippen molar-refractivity contribution in [3.8, 4) is 0 Å². The van der Waals surface area contributed by atoms with Crippen LogP contribution in [-0.2, 0) is 21.8 Å². The van der Waals surface area contributed by atoms with Crippen molar-refractivity contribution in [2.45, 2.75) is 37.1 Å². The largest absolute Gasteiger partial charge is 0.370 e. The number of hydrogen-bond donors (Lipinski definition) is 0. The Kier molecular flexibility index (Phi) is 4.27. The van der Waals surface area contributed by atoms with Crippen LogP contribution in [0.25, 0.3) is 0 Å². The molecule has 1 saturated heterocycles. The third-order valence-electron chi connectivity index (χ3n) is 4.14. The Bertz CT molecular complexity index is 773. The highest BCUT2D eigenvalue weighted by molar-refractivity contribution is 7.89. The minimum absolute atomic E-state index is 0.0763. The number of rotatable bonds is 3. The van der Waals surface area contributed by atoms with Crippen LogP contribution >= 0.6 is 0 Å². The predicted octanol–water partition coefficient (Wildman–Crippen LogP) is 1.96. The summed E-state index contributed by atoms with van der Waals surface area (Å²) < 4.78 is 35.1. The number of aryl methyl sites for hydroxylation is 1. The molecular formula is C16H21N3O3S. The van der Waals surface area contributed by atoms with Gasteiger partial charge in [-0.3, -0.25) is 0 Å². The molecule has 0 radical (unpaired) electrons. The molecule has 1 aliphatic heterocycles. The summed E-state index contributed by atoms with van der Waals surface area (Å²) in [5.41, 5.74) is 0.980. The first-order chi connectivity index (χ1) is 10.9. The first-order valence-corrected chi connectivity index (χ1v) is 9.03. The number of benzene rings is 1. The molecule has 2 aromatic rings. The molecule has 0 N–H and O–H groups in total. The van der Waals surface area contributed by atoms with Crippen molar-refractivity contribution in [3.63, 3.8) is 0 Å². The van der Waals surface area contributed by atoms with Gasteiger partial charge in [0.15, 0.2) is 5.03 Å². The maximum atomic E-state index is 13.0. The zero-order valence-corrected chi connectivity index (χ0v) is 14.3. The van der Waals surface area contributed by atoms with Crippen LogP contribution in [0.5, 0.6) is 0 Å². The van der Waals surface area contributed by atoms with E-state index in [0.717, 1.165) is 5.56 Å². The molecule has 0 saturated carbocycles. The Morgan fingerprint density at radius 3 is 2.52 bits per heavy atom. The molecule has 1 aromatic heterocycles. The molecule has 7 heteroatoms. The second kappa shape index (κ2) is 6.07. The van der Waals surface area contributed by atoms with E-state index in [1.807, 2.05) is 44.2 Å². The van der Waals surface area contributed by atoms with Gasteiger partial charge in [-0.2, -0.15) is 4.31 Å². The third kappa shape index (κ3) is 2.91. The van der Waals surface area contributed by atoms with Gasteiger partial charge in [0.25, 0.3) is 10.0 Å². The molecule has 2 heterocycles. The minimum Gasteiger partial charge on any atom is -0.370 e. The van der Waals surface area contributed by atoms with Gasteiger partial charge in [0.2, 0.25) is 0 Å². The first-order valence-electron chi connectivity index (χ1n) is 7.59. The Balaban J connectivity index is 1.97. The number of imidazole rings is 1. The van der Waals surface area contributed by atoms with Crippen molar-refractivity contribution in [3.05, 3.63) is 48.4 Å². The van der Waals surface area contributed by atoms with Crippen LogP contribution in [0, 0.1) is 0 Å². The fourth-order valence-electron chi connectivity index (χ4n) is 3.09. The van der Waals surface area contributed by atoms with E-state index in [0.29, 0.717) is 6.61 Å². The molecule has 0 amide bonds. The van der Waals surface area contributed by atoms with Gasteiger partial charge in [0.1, 0.15) is 0 Å². The van der Waals surface area contributed by atoms with Crippen LogP contribution in [0.15, 0.2) is 47.9 Å². The van der Waals surface area contributed by atoms with Crippen molar-refractivity contribution >= 4 is 10.0 Å². The molecule has 124 valence electrons. The summed E-state index contributed by atoms with van der Waals surface area (Å²) in [6.45, 7) is 4.10. The maximum Gasteiger partial charge on any atom is 0.262 e. The fourth-order valence-corrected chi connectivity index (χ4v) is 4.87. The van der Waals surface area contributed by atoms with Gasteiger partial charge in [-0.15, -0.1) is 0 Å². The molecule has 23 heavy (non-hydrogen) atoms. The number of aromatic nitrogens is 2. The summed E-state index contributed by atoms with van der Waals surface area (Å²) in [4.78, 5) is 4.02. The quantitative estimate of drug-likeness (QED) is 0.860. The van der Waals surface area contributed by atoms with Crippen LogP contribution in [0.2, 0.25) is 0 Å². The van der Waals surface area contributed by atoms with Crippen molar-refractivity contribution in [1.82, 2.24) is 13.9 Å². The lowest BCUT2D eigenvalue weighted by Crippen LogP contribution is -2.53. The topological polar surface area (TPSA) is 64.4 Å². The molecule has 0 aliphatic carbocycles. The van der Waals surface area contributed by atoms with Crippen LogP contribution in [0.3, 0.4) is 0 Å². The standard InChI is InChI=1S/C16H21N3O3S/c1-12-10-22-16(14-7-5-4-6-8-14)13(2)19(12)23(20,21)15-9-18(3)11-17-15/h4-9,11-13,16H,10H2,1-3H3/t12-,13-,16-/m1/s1. The molecule has 1 fully saturated rings. The van der Waals surface area contributed by atoms with Gasteiger partial charge in [-0.25, -0.2) is 13.4 Å². The Morgan fingerprint density at radius 1 is 1.22 bits per heavy atom. The van der Waals surface area contributed by atoms with Crippen molar-refractivity contribution in [2.75, 3.05) is 6.61 Å². The Labute approximate surface area is 136 Å². The predicted molar refractivity (Wildman–Crippen MR) is 86.3 cm³/mol. The smallest absolute Gasteiger partial charge is 0.262 e. The zero-order valence-electron chi connectivity index (χ0n) is 13.5. The normalized spacial score (nSPS) is 26.3. The number of nitrogens with zero attached hydrogens (tertiary/aromatic N) is 3. The number of sulfonamides is 1. The molecular weight excluding hydrogens is 314 g/mol. The van der Waals surface area contributed by atoms with Gasteiger partial charge in [0.05, 0.1) is 25.1 Å². The van der Waals surface area contributed by atoms with Crippen molar-refractivity contribution in [2.24, 2.45) is 7.05 Å². The molecule has 3 rings (SSSR count). The van der Waals surface area contributed by atoms with Crippen molar-refractivity contribution in [1.29, 1.82) is 0 Å². The lowest BCUT2D eigenvalue weighted by molar-refractivity contribution is -0.0618. The average Bonchev–Trinajstić information content (AvgIpc) is 2.95. The second-order valence-electron chi connectivity index (χ2n) is 5.97. The van der Waals surface area contributed by atoms with E-state index in [2.05, 4.69) is 4.98 Å². The van der Waals surface area contributed by atoms with Crippen LogP contribution in [0.4, 0.5) is 0 Å². The lowest BCUT2D eigenvalue weighted by atomic mass is 10.0. The number of hydrogen-bond acceptors (Lipinski definition) is 4. The second-order valence-corrected chi connectivity index (χ2v) is 7.76. The van der Waals surface area contributed by atoms with E-state index in [-0.39, 0.29) is 23.2 Å². The van der Waals surface area contributed by atoms with Crippen LogP contribution in [0.1, 0.15) is 25.5 Å². The van der Waals surface area contributed by atoms with Crippen molar-refractivity contribution < 1.29 is 13.2 Å². The highest BCUT2D eigenvalue weighted by atomic mass is 32.2. The Hall–Kier alpha value is -1.70. The number of morpholine rings is 1. The molecule has 3 atom stereocenters. The molecule has 1 aliphatic rings. The van der Waals surface area contributed by atoms with Gasteiger partial charge in [-0.1, -0.05) is 30.3 Å². The summed E-state index contributed by atoms with van der Waals surface area (Å²) in [5, 5.41) is 0.0763. The number of ether oxygens (including phenoxy) is 1. The van der Waals surface area contributed by atoms with Gasteiger partial charge in [-0.05, 0) is 19.4 Å². The summed E-state index contributed by atoms with van der Waals surface area (Å²) >= 11 is 0. The van der Waals surface area contributed by atoms with E-state index < -0.39 is 10.0 Å². The monoisotopic (exact) mass is 335 g/mol. The van der Waals surface area contributed by atoms with E-state index >= 15 is 0 Å². The van der Waals surface area contributed by atoms with E-state index in [4.69, 9.17) is 4.74 Å². The summed E-state index contributed by atoms with van der Waals surface area (Å²) in [5.74, 6) is 0. The molecule has 1 aromatic carbocycles. The van der Waals surface area contributed by atoms with Gasteiger partial charge < -0.3 is 9.30 Å². The SMILES string of the molecule is C[C@@H]1CO[C@@H](c2ccccc2)[C@@H](C)N1S(=O)(=O)c1cn(C)cn1. The first kappa shape index (κ1) is 16.2. The van der Waals surface area contributed by atoms with Crippen LogP contribution in [-0.4, -0.2) is 41.0 Å². The molecule has 0 bridgehead atoms. The molecule has 6 nitrogen and oxygen atoms in total. The lowest BCUT2D eigenvalue weighted by Gasteiger charge is -2.42. The van der Waals surface area contributed by atoms with Gasteiger partial charge in [0, 0.05) is 19.3 Å². The molecule has 0 unspecified atom stereocenters.